The molecular formula is C27H31ClN4O2. The summed E-state index contributed by atoms with van der Waals surface area (Å²) in [6, 6.07) is 16.7. The van der Waals surface area contributed by atoms with Gasteiger partial charge in [-0.2, -0.15) is 0 Å². The number of imidazole rings is 1. The third-order valence-electron chi connectivity index (χ3n) is 6.99. The van der Waals surface area contributed by atoms with Crippen LogP contribution < -0.4 is 0 Å². The second-order valence-electron chi connectivity index (χ2n) is 9.20. The third kappa shape index (κ3) is 4.98. The molecule has 178 valence electrons. The molecule has 2 fully saturated rings. The second-order valence-corrected chi connectivity index (χ2v) is 9.63. The standard InChI is InChI=1S/C27H31ClN4O2/c1-2-20-6-8-21(9-7-20)22-14-23(17-31(16-22)27(33)30-10-12-34-13-11-30)26-18-32(19-29-26)25-5-3-4-24(28)15-25/h3-9,15,18-19,22-23H,2,10-14,16-17H2,1H3. The first-order valence-corrected chi connectivity index (χ1v) is 12.5. The Morgan fingerprint density at radius 1 is 1.06 bits per heavy atom. The van der Waals surface area contributed by atoms with E-state index in [0.717, 1.165) is 30.8 Å². The number of likely N-dealkylation sites (tertiary alicyclic amines) is 1. The molecule has 3 heterocycles. The van der Waals surface area contributed by atoms with Crippen LogP contribution >= 0.6 is 11.6 Å². The van der Waals surface area contributed by atoms with E-state index in [1.165, 1.54) is 11.1 Å². The fourth-order valence-electron chi connectivity index (χ4n) is 5.02. The Kier molecular flexibility index (Phi) is 6.88. The molecular weight excluding hydrogens is 448 g/mol. The minimum atomic E-state index is 0.109. The summed E-state index contributed by atoms with van der Waals surface area (Å²) in [6.45, 7) is 6.09. The van der Waals surface area contributed by atoms with E-state index in [2.05, 4.69) is 37.4 Å². The van der Waals surface area contributed by atoms with E-state index in [9.17, 15) is 4.79 Å². The maximum Gasteiger partial charge on any atom is 0.320 e. The summed E-state index contributed by atoms with van der Waals surface area (Å²) < 4.78 is 7.47. The molecule has 1 aromatic heterocycles. The number of aromatic nitrogens is 2. The highest BCUT2D eigenvalue weighted by Gasteiger charge is 2.35. The molecule has 0 aliphatic carbocycles. The fourth-order valence-corrected chi connectivity index (χ4v) is 5.20. The van der Waals surface area contributed by atoms with Gasteiger partial charge in [0.2, 0.25) is 0 Å². The number of carbonyl (C=O) groups excluding carboxylic acids is 1. The van der Waals surface area contributed by atoms with Gasteiger partial charge in [0.25, 0.3) is 0 Å². The topological polar surface area (TPSA) is 50.6 Å². The van der Waals surface area contributed by atoms with E-state index < -0.39 is 0 Å². The lowest BCUT2D eigenvalue weighted by atomic mass is 9.83. The maximum atomic E-state index is 13.4. The number of amides is 2. The first kappa shape index (κ1) is 22.9. The number of piperidine rings is 1. The molecule has 2 aromatic carbocycles. The molecule has 2 atom stereocenters. The van der Waals surface area contributed by atoms with Crippen LogP contribution in [0.4, 0.5) is 4.79 Å². The number of hydrogen-bond donors (Lipinski definition) is 0. The summed E-state index contributed by atoms with van der Waals surface area (Å²) in [5.41, 5.74) is 4.61. The van der Waals surface area contributed by atoms with Gasteiger partial charge >= 0.3 is 6.03 Å². The highest BCUT2D eigenvalue weighted by atomic mass is 35.5. The zero-order chi connectivity index (χ0) is 23.5. The van der Waals surface area contributed by atoms with Gasteiger partial charge in [-0.15, -0.1) is 0 Å². The van der Waals surface area contributed by atoms with Crippen molar-refractivity contribution in [3.8, 4) is 5.69 Å². The summed E-state index contributed by atoms with van der Waals surface area (Å²) in [6.07, 6.45) is 5.91. The van der Waals surface area contributed by atoms with E-state index in [4.69, 9.17) is 21.3 Å². The Bertz CT molecular complexity index is 1120. The molecule has 2 saturated heterocycles. The average molecular weight is 479 g/mol. The molecule has 0 radical (unpaired) electrons. The van der Waals surface area contributed by atoms with Crippen molar-refractivity contribution < 1.29 is 9.53 Å². The van der Waals surface area contributed by atoms with Crippen LogP contribution in [-0.4, -0.2) is 64.8 Å². The molecule has 2 amide bonds. The van der Waals surface area contributed by atoms with Crippen LogP contribution in [0.1, 0.15) is 42.0 Å². The van der Waals surface area contributed by atoms with E-state index >= 15 is 0 Å². The molecule has 2 aliphatic heterocycles. The summed E-state index contributed by atoms with van der Waals surface area (Å²) in [4.78, 5) is 22.1. The normalized spacial score (nSPS) is 21.0. The number of urea groups is 1. The first-order chi connectivity index (χ1) is 16.6. The van der Waals surface area contributed by atoms with Crippen molar-refractivity contribution in [3.63, 3.8) is 0 Å². The molecule has 0 N–H and O–H groups in total. The Hall–Kier alpha value is -2.83. The van der Waals surface area contributed by atoms with E-state index in [1.54, 1.807) is 0 Å². The number of aryl methyl sites for hydroxylation is 1. The van der Waals surface area contributed by atoms with Crippen molar-refractivity contribution >= 4 is 17.6 Å². The first-order valence-electron chi connectivity index (χ1n) is 12.1. The molecule has 7 heteroatoms. The lowest BCUT2D eigenvalue weighted by Gasteiger charge is -2.40. The number of morpholine rings is 1. The molecule has 6 nitrogen and oxygen atoms in total. The summed E-state index contributed by atoms with van der Waals surface area (Å²) >= 11 is 6.20. The molecule has 2 unspecified atom stereocenters. The largest absolute Gasteiger partial charge is 0.378 e. The second kappa shape index (κ2) is 10.2. The van der Waals surface area contributed by atoms with E-state index in [0.29, 0.717) is 37.9 Å². The fraction of sp³-hybridized carbons (Fsp3) is 0.407. The zero-order valence-corrected chi connectivity index (χ0v) is 20.3. The number of rotatable bonds is 4. The Morgan fingerprint density at radius 3 is 2.56 bits per heavy atom. The van der Waals surface area contributed by atoms with Crippen molar-refractivity contribution in [3.05, 3.63) is 82.9 Å². The van der Waals surface area contributed by atoms with Crippen LogP contribution in [0.2, 0.25) is 5.02 Å². The van der Waals surface area contributed by atoms with Gasteiger partial charge in [0.1, 0.15) is 0 Å². The smallest absolute Gasteiger partial charge is 0.320 e. The molecule has 3 aromatic rings. The van der Waals surface area contributed by atoms with E-state index in [1.807, 2.05) is 45.0 Å². The SMILES string of the molecule is CCc1ccc(C2CC(c3cn(-c4cccc(Cl)c4)cn3)CN(C(=O)N3CCOCC3)C2)cc1. The van der Waals surface area contributed by atoms with Gasteiger partial charge in [0, 0.05) is 54.9 Å². The lowest BCUT2D eigenvalue weighted by Crippen LogP contribution is -2.52. The Labute approximate surface area is 206 Å². The van der Waals surface area contributed by atoms with Gasteiger partial charge in [0.05, 0.1) is 25.2 Å². The molecule has 5 rings (SSSR count). The van der Waals surface area contributed by atoms with Crippen molar-refractivity contribution in [2.75, 3.05) is 39.4 Å². The van der Waals surface area contributed by atoms with Crippen molar-refractivity contribution in [1.29, 1.82) is 0 Å². The van der Waals surface area contributed by atoms with Gasteiger partial charge in [-0.3, -0.25) is 0 Å². The van der Waals surface area contributed by atoms with Crippen LogP contribution in [0.5, 0.6) is 0 Å². The monoisotopic (exact) mass is 478 g/mol. The quantitative estimate of drug-likeness (QED) is 0.523. The van der Waals surface area contributed by atoms with Crippen LogP contribution in [0.25, 0.3) is 5.69 Å². The highest BCUT2D eigenvalue weighted by Crippen LogP contribution is 2.36. The van der Waals surface area contributed by atoms with Gasteiger partial charge in [0.15, 0.2) is 0 Å². The third-order valence-corrected chi connectivity index (χ3v) is 7.22. The summed E-state index contributed by atoms with van der Waals surface area (Å²) in [5, 5.41) is 0.697. The number of carbonyl (C=O) groups is 1. The minimum absolute atomic E-state index is 0.109. The van der Waals surface area contributed by atoms with E-state index in [-0.39, 0.29) is 17.9 Å². The predicted octanol–water partition coefficient (Wildman–Crippen LogP) is 5.11. The van der Waals surface area contributed by atoms with Gasteiger partial charge in [-0.1, -0.05) is 48.9 Å². The minimum Gasteiger partial charge on any atom is -0.378 e. The number of halogens is 1. The van der Waals surface area contributed by atoms with Crippen molar-refractivity contribution in [1.82, 2.24) is 19.4 Å². The van der Waals surface area contributed by atoms with Crippen molar-refractivity contribution in [2.45, 2.75) is 31.6 Å². The number of ether oxygens (including phenoxy) is 1. The Morgan fingerprint density at radius 2 is 1.82 bits per heavy atom. The predicted molar refractivity (Wildman–Crippen MR) is 134 cm³/mol. The molecule has 34 heavy (non-hydrogen) atoms. The van der Waals surface area contributed by atoms with Crippen molar-refractivity contribution in [2.24, 2.45) is 0 Å². The number of benzene rings is 2. The maximum absolute atomic E-state index is 13.4. The Balaban J connectivity index is 1.41. The van der Waals surface area contributed by atoms with Gasteiger partial charge < -0.3 is 19.1 Å². The van der Waals surface area contributed by atoms with Gasteiger partial charge in [-0.05, 0) is 42.2 Å². The molecule has 2 aliphatic rings. The summed E-state index contributed by atoms with van der Waals surface area (Å²) in [5.74, 6) is 0.431. The van der Waals surface area contributed by atoms with Crippen LogP contribution in [-0.2, 0) is 11.2 Å². The highest BCUT2D eigenvalue weighted by molar-refractivity contribution is 6.30. The zero-order valence-electron chi connectivity index (χ0n) is 19.6. The summed E-state index contributed by atoms with van der Waals surface area (Å²) in [7, 11) is 0. The van der Waals surface area contributed by atoms with Crippen LogP contribution in [0, 0.1) is 0 Å². The van der Waals surface area contributed by atoms with Crippen LogP contribution in [0.3, 0.4) is 0 Å². The molecule has 0 spiro atoms. The number of hydrogen-bond acceptors (Lipinski definition) is 3. The van der Waals surface area contributed by atoms with Gasteiger partial charge in [-0.25, -0.2) is 9.78 Å². The molecule has 0 bridgehead atoms. The average Bonchev–Trinajstić information content (AvgIpc) is 3.39. The van der Waals surface area contributed by atoms with Crippen LogP contribution in [0.15, 0.2) is 61.1 Å². The lowest BCUT2D eigenvalue weighted by molar-refractivity contribution is 0.0398. The molecule has 0 saturated carbocycles. The number of nitrogens with zero attached hydrogens (tertiary/aromatic N) is 4.